The highest BCUT2D eigenvalue weighted by Gasteiger charge is 2.60. The minimum Gasteiger partial charge on any atom is -0.468 e. The number of hydrogen-bond donors (Lipinski definition) is 2. The van der Waals surface area contributed by atoms with Crippen molar-refractivity contribution in [3.05, 3.63) is 73.5 Å². The first-order chi connectivity index (χ1) is 16.1. The molecular weight excluding hydrogens is 529 g/mol. The molecule has 0 bridgehead atoms. The summed E-state index contributed by atoms with van der Waals surface area (Å²) in [5.74, 6) is -0.273. The molecule has 0 spiro atoms. The summed E-state index contributed by atoms with van der Waals surface area (Å²) in [5.41, 5.74) is -0.879. The number of methoxy groups -OCH3 is 1. The number of ether oxygens (including phenoxy) is 1. The molecule has 2 aromatic rings. The fourth-order valence-corrected chi connectivity index (χ4v) is 5.97. The van der Waals surface area contributed by atoms with E-state index in [-0.39, 0.29) is 18.6 Å². The largest absolute Gasteiger partial charge is 0.468 e. The molecule has 0 aliphatic heterocycles. The van der Waals surface area contributed by atoms with Gasteiger partial charge < -0.3 is 9.26 Å². The van der Waals surface area contributed by atoms with E-state index in [1.54, 1.807) is 37.4 Å². The maximum Gasteiger partial charge on any atom is 0.459 e. The highest BCUT2D eigenvalue weighted by molar-refractivity contribution is 9.10. The van der Waals surface area contributed by atoms with Crippen molar-refractivity contribution in [2.75, 3.05) is 13.7 Å². The number of halogens is 1. The van der Waals surface area contributed by atoms with Gasteiger partial charge in [-0.15, -0.1) is 0 Å². The first-order valence-corrected chi connectivity index (χ1v) is 13.0. The van der Waals surface area contributed by atoms with Gasteiger partial charge in [0.1, 0.15) is 11.8 Å². The second kappa shape index (κ2) is 9.30. The topological polar surface area (TPSA) is 129 Å². The lowest BCUT2D eigenvalue weighted by molar-refractivity contribution is -0.142. The molecule has 1 unspecified atom stereocenters. The van der Waals surface area contributed by atoms with Gasteiger partial charge in [0.25, 0.3) is 5.56 Å². The lowest BCUT2D eigenvalue weighted by atomic mass is 10.1. The third-order valence-electron chi connectivity index (χ3n) is 6.13. The maximum atomic E-state index is 13.6. The molecule has 1 aromatic carbocycles. The summed E-state index contributed by atoms with van der Waals surface area (Å²) >= 11 is 3.34. The predicted molar refractivity (Wildman–Crippen MR) is 128 cm³/mol. The van der Waals surface area contributed by atoms with Crippen molar-refractivity contribution in [1.82, 2.24) is 14.6 Å². The van der Waals surface area contributed by atoms with Gasteiger partial charge >= 0.3 is 19.4 Å². The van der Waals surface area contributed by atoms with Crippen LogP contribution >= 0.6 is 23.7 Å². The fraction of sp³-hybridized carbons (Fsp3) is 0.409. The Morgan fingerprint density at radius 1 is 1.35 bits per heavy atom. The van der Waals surface area contributed by atoms with Crippen molar-refractivity contribution >= 4 is 29.6 Å². The van der Waals surface area contributed by atoms with Crippen LogP contribution in [0.15, 0.2) is 56.7 Å². The van der Waals surface area contributed by atoms with Crippen LogP contribution in [0.5, 0.6) is 5.75 Å². The molecule has 10 nitrogen and oxygen atoms in total. The molecule has 1 fully saturated rings. The van der Waals surface area contributed by atoms with Crippen LogP contribution in [0.3, 0.4) is 0 Å². The van der Waals surface area contributed by atoms with Gasteiger partial charge in [-0.3, -0.25) is 23.7 Å². The third-order valence-corrected chi connectivity index (χ3v) is 8.28. The zero-order valence-corrected chi connectivity index (χ0v) is 21.3. The van der Waals surface area contributed by atoms with Crippen LogP contribution in [0.25, 0.3) is 0 Å². The molecule has 5 atom stereocenters. The SMILES string of the molecule is COC(=O)[C@H](C)NP(=O)(OC[C@]12C=C[C@@H](n3cc(C)c(=O)[nH]c3=O)[C@H]1C2)Oc1ccc(Br)cc1. The molecule has 0 radical (unpaired) electrons. The van der Waals surface area contributed by atoms with Gasteiger partial charge in [0.15, 0.2) is 0 Å². The van der Waals surface area contributed by atoms with Crippen LogP contribution in [0.4, 0.5) is 0 Å². The predicted octanol–water partition coefficient (Wildman–Crippen LogP) is 3.08. The summed E-state index contributed by atoms with van der Waals surface area (Å²) in [6.07, 6.45) is 6.10. The minimum atomic E-state index is -3.98. The summed E-state index contributed by atoms with van der Waals surface area (Å²) < 4.78 is 32.1. The van der Waals surface area contributed by atoms with Gasteiger partial charge in [-0.05, 0) is 50.5 Å². The highest BCUT2D eigenvalue weighted by atomic mass is 79.9. The number of nitrogens with one attached hydrogen (secondary N) is 2. The molecule has 0 amide bonds. The standard InChI is InChI=1S/C22H25BrN3O7P/c1-13-11-26(21(29)24-19(13)27)18-8-9-22(10-17(18)22)12-32-34(30,25-14(2)20(28)31-3)33-16-6-4-15(23)5-7-16/h4-9,11,14,17-18H,10,12H2,1-3H3,(H,25,30)(H,24,27,29)/t14-,17+,18+,22+,34?/m0/s1. The van der Waals surface area contributed by atoms with E-state index in [1.807, 2.05) is 12.2 Å². The Labute approximate surface area is 204 Å². The van der Waals surface area contributed by atoms with E-state index in [9.17, 15) is 18.9 Å². The number of esters is 1. The van der Waals surface area contributed by atoms with Gasteiger partial charge in [0.2, 0.25) is 0 Å². The second-order valence-electron chi connectivity index (χ2n) is 8.56. The molecule has 1 heterocycles. The van der Waals surface area contributed by atoms with E-state index >= 15 is 0 Å². The number of aromatic nitrogens is 2. The van der Waals surface area contributed by atoms with Crippen molar-refractivity contribution in [2.45, 2.75) is 32.4 Å². The molecule has 12 heteroatoms. The molecule has 1 saturated carbocycles. The monoisotopic (exact) mass is 553 g/mol. The summed E-state index contributed by atoms with van der Waals surface area (Å²) in [6, 6.07) is 5.52. The Kier molecular flexibility index (Phi) is 6.74. The molecule has 2 aliphatic carbocycles. The number of fused-ring (bicyclic) bond motifs is 1. The van der Waals surface area contributed by atoms with Crippen molar-refractivity contribution < 1.29 is 23.1 Å². The third kappa shape index (κ3) is 4.98. The Morgan fingerprint density at radius 3 is 2.71 bits per heavy atom. The number of carbonyl (C=O) groups excluding carboxylic acids is 1. The van der Waals surface area contributed by atoms with Gasteiger partial charge in [-0.2, -0.15) is 5.09 Å². The van der Waals surface area contributed by atoms with Crippen LogP contribution in [-0.2, 0) is 18.6 Å². The van der Waals surface area contributed by atoms with E-state index in [0.29, 0.717) is 17.7 Å². The van der Waals surface area contributed by atoms with Crippen LogP contribution < -0.4 is 20.9 Å². The van der Waals surface area contributed by atoms with Crippen LogP contribution in [0, 0.1) is 18.3 Å². The number of aromatic amines is 1. The number of rotatable bonds is 9. The van der Waals surface area contributed by atoms with Crippen LogP contribution in [0.2, 0.25) is 0 Å². The Balaban J connectivity index is 1.50. The fourth-order valence-electron chi connectivity index (χ4n) is 4.13. The van der Waals surface area contributed by atoms with Gasteiger partial charge in [0, 0.05) is 21.6 Å². The van der Waals surface area contributed by atoms with Crippen molar-refractivity contribution in [2.24, 2.45) is 11.3 Å². The number of nitrogens with zero attached hydrogens (tertiary/aromatic N) is 1. The average molecular weight is 554 g/mol. The van der Waals surface area contributed by atoms with Crippen molar-refractivity contribution in [1.29, 1.82) is 0 Å². The molecule has 4 rings (SSSR count). The summed E-state index contributed by atoms with van der Waals surface area (Å²) in [5, 5.41) is 2.64. The maximum absolute atomic E-state index is 13.6. The Hall–Kier alpha value is -2.46. The number of allylic oxidation sites excluding steroid dienone is 1. The Bertz CT molecular complexity index is 1290. The zero-order valence-electron chi connectivity index (χ0n) is 18.8. The summed E-state index contributed by atoms with van der Waals surface area (Å²) in [7, 11) is -2.74. The molecule has 182 valence electrons. The Morgan fingerprint density at radius 2 is 2.06 bits per heavy atom. The average Bonchev–Trinajstić information content (AvgIpc) is 3.41. The smallest absolute Gasteiger partial charge is 0.459 e. The lowest BCUT2D eigenvalue weighted by Crippen LogP contribution is -2.35. The van der Waals surface area contributed by atoms with Crippen molar-refractivity contribution in [3.8, 4) is 5.75 Å². The molecule has 0 saturated heterocycles. The quantitative estimate of drug-likeness (QED) is 0.275. The summed E-state index contributed by atoms with van der Waals surface area (Å²) in [6.45, 7) is 3.19. The number of aryl methyl sites for hydroxylation is 1. The van der Waals surface area contributed by atoms with E-state index in [0.717, 1.165) is 4.47 Å². The van der Waals surface area contributed by atoms with E-state index in [4.69, 9.17) is 13.8 Å². The second-order valence-corrected chi connectivity index (χ2v) is 11.2. The first-order valence-electron chi connectivity index (χ1n) is 10.6. The zero-order chi connectivity index (χ0) is 24.7. The van der Waals surface area contributed by atoms with Gasteiger partial charge in [-0.1, -0.05) is 28.1 Å². The molecule has 1 aromatic heterocycles. The van der Waals surface area contributed by atoms with E-state index in [1.165, 1.54) is 18.6 Å². The van der Waals surface area contributed by atoms with Gasteiger partial charge in [0.05, 0.1) is 19.8 Å². The van der Waals surface area contributed by atoms with E-state index in [2.05, 4.69) is 26.0 Å². The van der Waals surface area contributed by atoms with E-state index < -0.39 is 36.4 Å². The molecular formula is C22H25BrN3O7P. The van der Waals surface area contributed by atoms with Crippen LogP contribution in [-0.4, -0.2) is 35.3 Å². The number of hydrogen-bond acceptors (Lipinski definition) is 7. The normalized spacial score (nSPS) is 25.3. The molecule has 34 heavy (non-hydrogen) atoms. The highest BCUT2D eigenvalue weighted by Crippen LogP contribution is 2.65. The number of benzene rings is 1. The minimum absolute atomic E-state index is 0.0367. The molecule has 2 N–H and O–H groups in total. The van der Waals surface area contributed by atoms with Crippen LogP contribution in [0.1, 0.15) is 24.9 Å². The first kappa shape index (κ1) is 24.7. The molecule has 2 aliphatic rings. The summed E-state index contributed by atoms with van der Waals surface area (Å²) in [4.78, 5) is 38.3. The van der Waals surface area contributed by atoms with Gasteiger partial charge in [-0.25, -0.2) is 9.36 Å². The number of H-pyrrole nitrogens is 1. The number of carbonyl (C=O) groups is 1. The van der Waals surface area contributed by atoms with Crippen molar-refractivity contribution in [3.63, 3.8) is 0 Å². The lowest BCUT2D eigenvalue weighted by Gasteiger charge is -2.24.